The minimum atomic E-state index is -0.161. The number of rotatable bonds is 4. The van der Waals surface area contributed by atoms with E-state index < -0.39 is 0 Å². The van der Waals surface area contributed by atoms with Gasteiger partial charge in [0.05, 0.1) is 6.54 Å². The smallest absolute Gasteiger partial charge is 0.254 e. The molecule has 0 bridgehead atoms. The number of hydrogen-bond acceptors (Lipinski definition) is 3. The third-order valence-corrected chi connectivity index (χ3v) is 5.55. The lowest BCUT2D eigenvalue weighted by molar-refractivity contribution is -0.123. The molecule has 30 heavy (non-hydrogen) atoms. The Labute approximate surface area is 174 Å². The molecule has 2 heterocycles. The van der Waals surface area contributed by atoms with E-state index in [0.717, 1.165) is 27.7 Å². The second kappa shape index (κ2) is 8.02. The van der Waals surface area contributed by atoms with Gasteiger partial charge in [0, 0.05) is 47.4 Å². The standard InChI is InChI=1S/C23H24N4O3/c1-14-15(2)26-20-8-7-18(11-19(14)20)22(29)25-12-16-3-5-17(6-4-16)23(30)27-10-9-24-21(28)13-27/h3-8,11,26H,9-10,12-13H2,1-2H3,(H,24,28)(H,25,29). The van der Waals surface area contributed by atoms with Crippen LogP contribution in [0.5, 0.6) is 0 Å². The summed E-state index contributed by atoms with van der Waals surface area (Å²) in [4.78, 5) is 41.4. The molecule has 0 saturated carbocycles. The lowest BCUT2D eigenvalue weighted by Crippen LogP contribution is -2.49. The molecule has 0 radical (unpaired) electrons. The zero-order valence-electron chi connectivity index (χ0n) is 17.0. The Balaban J connectivity index is 1.39. The first-order chi connectivity index (χ1) is 14.4. The molecule has 1 fully saturated rings. The maximum absolute atomic E-state index is 12.6. The molecule has 0 aliphatic carbocycles. The summed E-state index contributed by atoms with van der Waals surface area (Å²) in [5, 5.41) is 6.68. The molecule has 1 aliphatic rings. The van der Waals surface area contributed by atoms with Gasteiger partial charge in [-0.2, -0.15) is 0 Å². The Morgan fingerprint density at radius 3 is 2.53 bits per heavy atom. The molecule has 0 unspecified atom stereocenters. The maximum atomic E-state index is 12.6. The van der Waals surface area contributed by atoms with Crippen LogP contribution in [0, 0.1) is 13.8 Å². The fourth-order valence-electron chi connectivity index (χ4n) is 3.65. The van der Waals surface area contributed by atoms with E-state index in [0.29, 0.717) is 30.8 Å². The first kappa shape index (κ1) is 19.7. The Bertz CT molecular complexity index is 1130. The van der Waals surface area contributed by atoms with Crippen LogP contribution in [-0.2, 0) is 11.3 Å². The van der Waals surface area contributed by atoms with E-state index in [2.05, 4.69) is 15.6 Å². The molecule has 1 aromatic heterocycles. The van der Waals surface area contributed by atoms with Crippen LogP contribution in [0.25, 0.3) is 10.9 Å². The minimum absolute atomic E-state index is 0.0845. The predicted molar refractivity (Wildman–Crippen MR) is 114 cm³/mol. The third-order valence-electron chi connectivity index (χ3n) is 5.55. The van der Waals surface area contributed by atoms with Crippen LogP contribution in [-0.4, -0.2) is 47.2 Å². The van der Waals surface area contributed by atoms with Crippen LogP contribution in [0.2, 0.25) is 0 Å². The van der Waals surface area contributed by atoms with Gasteiger partial charge >= 0.3 is 0 Å². The normalized spacial score (nSPS) is 13.9. The molecule has 3 aromatic rings. The molecule has 7 heteroatoms. The molecule has 0 atom stereocenters. The number of benzene rings is 2. The molecule has 3 amide bonds. The molecule has 7 nitrogen and oxygen atoms in total. The topological polar surface area (TPSA) is 94.3 Å². The Morgan fingerprint density at radius 2 is 1.80 bits per heavy atom. The largest absolute Gasteiger partial charge is 0.358 e. The zero-order chi connectivity index (χ0) is 21.3. The second-order valence-electron chi connectivity index (χ2n) is 7.59. The number of hydrogen-bond donors (Lipinski definition) is 3. The predicted octanol–water partition coefficient (Wildman–Crippen LogP) is 2.29. The van der Waals surface area contributed by atoms with E-state index in [9.17, 15) is 14.4 Å². The van der Waals surface area contributed by atoms with E-state index >= 15 is 0 Å². The van der Waals surface area contributed by atoms with Gasteiger partial charge in [0.15, 0.2) is 0 Å². The van der Waals surface area contributed by atoms with Crippen molar-refractivity contribution in [2.45, 2.75) is 20.4 Å². The van der Waals surface area contributed by atoms with Crippen molar-refractivity contribution in [1.82, 2.24) is 20.5 Å². The highest BCUT2D eigenvalue weighted by Gasteiger charge is 2.22. The van der Waals surface area contributed by atoms with Crippen molar-refractivity contribution < 1.29 is 14.4 Å². The number of carbonyl (C=O) groups is 3. The molecule has 1 saturated heterocycles. The highest BCUT2D eigenvalue weighted by molar-refractivity contribution is 5.99. The van der Waals surface area contributed by atoms with Gasteiger partial charge in [-0.3, -0.25) is 14.4 Å². The number of nitrogens with one attached hydrogen (secondary N) is 3. The van der Waals surface area contributed by atoms with Gasteiger partial charge in [-0.25, -0.2) is 0 Å². The van der Waals surface area contributed by atoms with Gasteiger partial charge in [-0.15, -0.1) is 0 Å². The van der Waals surface area contributed by atoms with Crippen LogP contribution in [0.1, 0.15) is 37.5 Å². The summed E-state index contributed by atoms with van der Waals surface area (Å²) >= 11 is 0. The summed E-state index contributed by atoms with van der Waals surface area (Å²) in [6.45, 7) is 5.48. The molecule has 2 aromatic carbocycles. The van der Waals surface area contributed by atoms with Crippen LogP contribution in [0.4, 0.5) is 0 Å². The van der Waals surface area contributed by atoms with Gasteiger partial charge in [-0.1, -0.05) is 12.1 Å². The van der Waals surface area contributed by atoms with Gasteiger partial charge in [0.2, 0.25) is 5.91 Å². The number of carbonyl (C=O) groups excluding carboxylic acids is 3. The first-order valence-electron chi connectivity index (χ1n) is 9.94. The molecule has 1 aliphatic heterocycles. The lowest BCUT2D eigenvalue weighted by Gasteiger charge is -2.26. The Morgan fingerprint density at radius 1 is 1.07 bits per heavy atom. The summed E-state index contributed by atoms with van der Waals surface area (Å²) in [6.07, 6.45) is 0. The number of amides is 3. The van der Waals surface area contributed by atoms with Crippen molar-refractivity contribution in [3.8, 4) is 0 Å². The second-order valence-corrected chi connectivity index (χ2v) is 7.59. The maximum Gasteiger partial charge on any atom is 0.254 e. The summed E-state index contributed by atoms with van der Waals surface area (Å²) in [5.41, 5.74) is 5.30. The van der Waals surface area contributed by atoms with Gasteiger partial charge in [0.25, 0.3) is 11.8 Å². The van der Waals surface area contributed by atoms with Gasteiger partial charge in [-0.05, 0) is 55.3 Å². The minimum Gasteiger partial charge on any atom is -0.358 e. The molecule has 3 N–H and O–H groups in total. The zero-order valence-corrected chi connectivity index (χ0v) is 17.0. The molecule has 0 spiro atoms. The average molecular weight is 404 g/mol. The van der Waals surface area contributed by atoms with E-state index in [1.54, 1.807) is 12.1 Å². The van der Waals surface area contributed by atoms with Crippen LogP contribution >= 0.6 is 0 Å². The fraction of sp³-hybridized carbons (Fsp3) is 0.261. The number of fused-ring (bicyclic) bond motifs is 1. The summed E-state index contributed by atoms with van der Waals surface area (Å²) < 4.78 is 0. The van der Waals surface area contributed by atoms with Crippen molar-refractivity contribution in [3.63, 3.8) is 0 Å². The van der Waals surface area contributed by atoms with Crippen LogP contribution in [0.15, 0.2) is 42.5 Å². The van der Waals surface area contributed by atoms with E-state index in [1.165, 1.54) is 4.90 Å². The Hall–Kier alpha value is -3.61. The number of aryl methyl sites for hydroxylation is 2. The SMILES string of the molecule is Cc1[nH]c2ccc(C(=O)NCc3ccc(C(=O)N4CCNC(=O)C4)cc3)cc2c1C. The number of aromatic amines is 1. The summed E-state index contributed by atoms with van der Waals surface area (Å²) in [7, 11) is 0. The van der Waals surface area contributed by atoms with Crippen molar-refractivity contribution in [2.75, 3.05) is 19.6 Å². The number of piperazine rings is 1. The molecule has 154 valence electrons. The number of H-pyrrole nitrogens is 1. The van der Waals surface area contributed by atoms with Crippen LogP contribution < -0.4 is 10.6 Å². The number of aromatic nitrogens is 1. The van der Waals surface area contributed by atoms with Crippen molar-refractivity contribution in [3.05, 3.63) is 70.4 Å². The molecule has 4 rings (SSSR count). The Kier molecular flexibility index (Phi) is 5.27. The number of nitrogens with zero attached hydrogens (tertiary/aromatic N) is 1. The highest BCUT2D eigenvalue weighted by Crippen LogP contribution is 2.22. The monoisotopic (exact) mass is 404 g/mol. The summed E-state index contributed by atoms with van der Waals surface area (Å²) in [6, 6.07) is 12.7. The molecular weight excluding hydrogens is 380 g/mol. The average Bonchev–Trinajstić information content (AvgIpc) is 3.05. The quantitative estimate of drug-likeness (QED) is 0.623. The third kappa shape index (κ3) is 3.91. The van der Waals surface area contributed by atoms with Gasteiger partial charge in [0.1, 0.15) is 0 Å². The summed E-state index contributed by atoms with van der Waals surface area (Å²) in [5.74, 6) is -0.447. The fourth-order valence-corrected chi connectivity index (χ4v) is 3.65. The van der Waals surface area contributed by atoms with E-state index in [4.69, 9.17) is 0 Å². The first-order valence-corrected chi connectivity index (χ1v) is 9.94. The van der Waals surface area contributed by atoms with Crippen molar-refractivity contribution in [2.24, 2.45) is 0 Å². The highest BCUT2D eigenvalue weighted by atomic mass is 16.2. The van der Waals surface area contributed by atoms with E-state index in [-0.39, 0.29) is 24.3 Å². The van der Waals surface area contributed by atoms with E-state index in [1.807, 2.05) is 44.2 Å². The lowest BCUT2D eigenvalue weighted by atomic mass is 10.1. The van der Waals surface area contributed by atoms with Crippen LogP contribution in [0.3, 0.4) is 0 Å². The molecular formula is C23H24N4O3. The van der Waals surface area contributed by atoms with Crippen molar-refractivity contribution >= 4 is 28.6 Å². The van der Waals surface area contributed by atoms with Crippen molar-refractivity contribution in [1.29, 1.82) is 0 Å². The van der Waals surface area contributed by atoms with Gasteiger partial charge < -0.3 is 20.5 Å².